The van der Waals surface area contributed by atoms with E-state index in [4.69, 9.17) is 10.5 Å². The molecule has 2 heterocycles. The molecule has 1 aromatic rings. The Bertz CT molecular complexity index is 389. The maximum Gasteiger partial charge on any atom is 0.142 e. The minimum Gasteiger partial charge on any atom is -0.383 e. The first-order valence-corrected chi connectivity index (χ1v) is 6.59. The van der Waals surface area contributed by atoms with Gasteiger partial charge in [-0.1, -0.05) is 0 Å². The van der Waals surface area contributed by atoms with Crippen molar-refractivity contribution in [3.05, 3.63) is 5.56 Å². The summed E-state index contributed by atoms with van der Waals surface area (Å²) in [6, 6.07) is 0. The van der Waals surface area contributed by atoms with Gasteiger partial charge in [0.2, 0.25) is 0 Å². The summed E-state index contributed by atoms with van der Waals surface area (Å²) in [7, 11) is 1.79. The Hall–Kier alpha value is -0.810. The van der Waals surface area contributed by atoms with E-state index in [1.165, 1.54) is 23.4 Å². The van der Waals surface area contributed by atoms with Crippen LogP contribution in [0.5, 0.6) is 0 Å². The number of anilines is 2. The second kappa shape index (κ2) is 3.89. The molecule has 1 aliphatic heterocycles. The molecule has 4 nitrogen and oxygen atoms in total. The zero-order valence-corrected chi connectivity index (χ0v) is 10.3. The molecule has 2 N–H and O–H groups in total. The lowest BCUT2D eigenvalue weighted by atomic mass is 10.2. The zero-order chi connectivity index (χ0) is 11.1. The number of rotatable bonds is 3. The lowest BCUT2D eigenvalue weighted by Gasteiger charge is -2.17. The van der Waals surface area contributed by atoms with Crippen molar-refractivity contribution in [1.29, 1.82) is 0 Å². The lowest BCUT2D eigenvalue weighted by molar-refractivity contribution is 0.121. The monoisotopic (exact) mass is 239 g/mol. The van der Waals surface area contributed by atoms with Crippen LogP contribution in [0.15, 0.2) is 0 Å². The molecule has 0 aromatic carbocycles. The number of aromatic nitrogens is 1. The Morgan fingerprint density at radius 1 is 1.44 bits per heavy atom. The molecule has 16 heavy (non-hydrogen) atoms. The Balaban J connectivity index is 1.83. The topological polar surface area (TPSA) is 51.4 Å². The minimum absolute atomic E-state index is 0.371. The van der Waals surface area contributed by atoms with Gasteiger partial charge in [-0.25, -0.2) is 0 Å². The van der Waals surface area contributed by atoms with Crippen molar-refractivity contribution in [3.63, 3.8) is 0 Å². The summed E-state index contributed by atoms with van der Waals surface area (Å²) >= 11 is 1.55. The number of methoxy groups -OCH3 is 1. The molecule has 88 valence electrons. The normalized spacial score (nSPS) is 25.3. The van der Waals surface area contributed by atoms with E-state index in [1.54, 1.807) is 18.6 Å². The van der Waals surface area contributed by atoms with E-state index in [0.29, 0.717) is 12.0 Å². The third-order valence-electron chi connectivity index (χ3n) is 3.49. The van der Waals surface area contributed by atoms with E-state index in [2.05, 4.69) is 9.27 Å². The molecule has 0 radical (unpaired) electrons. The van der Waals surface area contributed by atoms with Gasteiger partial charge in [-0.15, -0.1) is 0 Å². The SMILES string of the molecule is COC1CCN(c2snc(N)c2C2CC2)C1. The quantitative estimate of drug-likeness (QED) is 0.874. The van der Waals surface area contributed by atoms with Crippen LogP contribution in [-0.2, 0) is 4.74 Å². The van der Waals surface area contributed by atoms with Crippen LogP contribution >= 0.6 is 11.5 Å². The molecule has 1 unspecified atom stereocenters. The number of hydrogen-bond acceptors (Lipinski definition) is 5. The van der Waals surface area contributed by atoms with E-state index < -0.39 is 0 Å². The van der Waals surface area contributed by atoms with Crippen LogP contribution in [0.1, 0.15) is 30.7 Å². The minimum atomic E-state index is 0.371. The number of hydrogen-bond donors (Lipinski definition) is 1. The average Bonchev–Trinajstić information content (AvgIpc) is 2.88. The zero-order valence-electron chi connectivity index (χ0n) is 9.48. The largest absolute Gasteiger partial charge is 0.383 e. The van der Waals surface area contributed by atoms with E-state index in [0.717, 1.165) is 25.3 Å². The summed E-state index contributed by atoms with van der Waals surface area (Å²) in [5, 5.41) is 1.29. The van der Waals surface area contributed by atoms with E-state index >= 15 is 0 Å². The molecule has 0 amide bonds. The second-order valence-corrected chi connectivity index (χ2v) is 5.41. The molecule has 1 atom stereocenters. The maximum absolute atomic E-state index is 5.96. The van der Waals surface area contributed by atoms with Gasteiger partial charge in [0.1, 0.15) is 10.8 Å². The van der Waals surface area contributed by atoms with E-state index in [9.17, 15) is 0 Å². The Morgan fingerprint density at radius 2 is 2.25 bits per heavy atom. The number of nitrogens with zero attached hydrogens (tertiary/aromatic N) is 2. The van der Waals surface area contributed by atoms with Crippen LogP contribution in [0.25, 0.3) is 0 Å². The number of ether oxygens (including phenoxy) is 1. The first kappa shape index (κ1) is 10.4. The van der Waals surface area contributed by atoms with Gasteiger partial charge in [0, 0.05) is 25.8 Å². The highest BCUT2D eigenvalue weighted by molar-refractivity contribution is 7.10. The third-order valence-corrected chi connectivity index (χ3v) is 4.43. The van der Waals surface area contributed by atoms with Crippen LogP contribution in [0.3, 0.4) is 0 Å². The fraction of sp³-hybridized carbons (Fsp3) is 0.727. The Kier molecular flexibility index (Phi) is 2.52. The molecule has 0 bridgehead atoms. The first-order valence-electron chi connectivity index (χ1n) is 5.82. The highest BCUT2D eigenvalue weighted by Gasteiger charge is 2.34. The molecule has 2 fully saturated rings. The lowest BCUT2D eigenvalue weighted by Crippen LogP contribution is -2.22. The van der Waals surface area contributed by atoms with Crippen LogP contribution in [0.2, 0.25) is 0 Å². The van der Waals surface area contributed by atoms with Crippen molar-refractivity contribution in [2.24, 2.45) is 0 Å². The highest BCUT2D eigenvalue weighted by Crippen LogP contribution is 2.49. The van der Waals surface area contributed by atoms with Gasteiger partial charge in [-0.2, -0.15) is 4.37 Å². The van der Waals surface area contributed by atoms with Gasteiger partial charge in [0.05, 0.1) is 6.10 Å². The molecule has 1 saturated carbocycles. The van der Waals surface area contributed by atoms with Gasteiger partial charge < -0.3 is 15.4 Å². The van der Waals surface area contributed by atoms with Crippen molar-refractivity contribution in [3.8, 4) is 0 Å². The second-order valence-electron chi connectivity index (χ2n) is 4.65. The van der Waals surface area contributed by atoms with Gasteiger partial charge >= 0.3 is 0 Å². The summed E-state index contributed by atoms with van der Waals surface area (Å²) < 4.78 is 9.71. The van der Waals surface area contributed by atoms with E-state index in [-0.39, 0.29) is 0 Å². The van der Waals surface area contributed by atoms with Crippen LogP contribution in [0.4, 0.5) is 10.8 Å². The van der Waals surface area contributed by atoms with Gasteiger partial charge in [0.15, 0.2) is 0 Å². The molecule has 1 aromatic heterocycles. The average molecular weight is 239 g/mol. The molecular weight excluding hydrogens is 222 g/mol. The summed E-state index contributed by atoms with van der Waals surface area (Å²) in [6.07, 6.45) is 4.03. The Labute approximate surface area is 99.6 Å². The van der Waals surface area contributed by atoms with Crippen molar-refractivity contribution < 1.29 is 4.74 Å². The molecule has 5 heteroatoms. The summed E-state index contributed by atoms with van der Waals surface area (Å²) in [4.78, 5) is 2.38. The van der Waals surface area contributed by atoms with Gasteiger partial charge in [-0.05, 0) is 36.7 Å². The third kappa shape index (κ3) is 1.68. The number of nitrogens with two attached hydrogens (primary N) is 1. The first-order chi connectivity index (χ1) is 7.79. The highest BCUT2D eigenvalue weighted by atomic mass is 32.1. The molecule has 3 rings (SSSR count). The summed E-state index contributed by atoms with van der Waals surface area (Å²) in [5.41, 5.74) is 7.27. The van der Waals surface area contributed by atoms with E-state index in [1.807, 2.05) is 0 Å². The van der Waals surface area contributed by atoms with Crippen molar-refractivity contribution >= 4 is 22.4 Å². The van der Waals surface area contributed by atoms with Gasteiger partial charge in [0.25, 0.3) is 0 Å². The molecule has 1 saturated heterocycles. The molecule has 1 aliphatic carbocycles. The summed E-state index contributed by atoms with van der Waals surface area (Å²) in [6.45, 7) is 2.05. The predicted molar refractivity (Wildman–Crippen MR) is 66.1 cm³/mol. The maximum atomic E-state index is 5.96. The van der Waals surface area contributed by atoms with Crippen molar-refractivity contribution in [1.82, 2.24) is 4.37 Å². The van der Waals surface area contributed by atoms with Crippen LogP contribution in [-0.4, -0.2) is 30.7 Å². The van der Waals surface area contributed by atoms with Crippen LogP contribution in [0, 0.1) is 0 Å². The Morgan fingerprint density at radius 3 is 2.88 bits per heavy atom. The van der Waals surface area contributed by atoms with Crippen LogP contribution < -0.4 is 10.6 Å². The smallest absolute Gasteiger partial charge is 0.142 e. The van der Waals surface area contributed by atoms with Crippen molar-refractivity contribution in [2.75, 3.05) is 30.8 Å². The predicted octanol–water partition coefficient (Wildman–Crippen LogP) is 1.83. The fourth-order valence-corrected chi connectivity index (χ4v) is 3.32. The fourth-order valence-electron chi connectivity index (χ4n) is 2.39. The molecule has 0 spiro atoms. The number of nitrogen functional groups attached to an aromatic ring is 1. The summed E-state index contributed by atoms with van der Waals surface area (Å²) in [5.74, 6) is 1.43. The van der Waals surface area contributed by atoms with Gasteiger partial charge in [-0.3, -0.25) is 0 Å². The van der Waals surface area contributed by atoms with Crippen molar-refractivity contribution in [2.45, 2.75) is 31.3 Å². The molecule has 2 aliphatic rings. The molecular formula is C11H17N3OS. The standard InChI is InChI=1S/C11H17N3OS/c1-15-8-4-5-14(6-8)11-9(7-2-3-7)10(12)13-16-11/h7-8H,2-6H2,1H3,(H2,12,13).